The van der Waals surface area contributed by atoms with Crippen molar-refractivity contribution in [3.63, 3.8) is 0 Å². The number of furan rings is 1. The first-order valence-electron chi connectivity index (χ1n) is 4.29. The van der Waals surface area contributed by atoms with Crippen LogP contribution in [0.15, 0.2) is 44.0 Å². The van der Waals surface area contributed by atoms with Crippen LogP contribution in [0.25, 0.3) is 22.9 Å². The smallest absolute Gasteiger partial charge is 0.265 e. The van der Waals surface area contributed by atoms with Crippen LogP contribution in [0, 0.1) is 0 Å². The molecule has 0 aromatic carbocycles. The van der Waals surface area contributed by atoms with Crippen LogP contribution in [0.4, 0.5) is 0 Å². The zero-order valence-electron chi connectivity index (χ0n) is 7.48. The molecule has 3 heterocycles. The molecule has 0 spiro atoms. The predicted molar refractivity (Wildman–Crippen MR) is 57.2 cm³/mol. The van der Waals surface area contributed by atoms with E-state index >= 15 is 0 Å². The molecule has 74 valence electrons. The number of hydrogen-bond acceptors (Lipinski definition) is 4. The summed E-state index contributed by atoms with van der Waals surface area (Å²) in [4.78, 5) is 8.32. The van der Waals surface area contributed by atoms with Gasteiger partial charge in [-0.25, -0.2) is 4.98 Å². The first-order chi connectivity index (χ1) is 7.33. The highest BCUT2D eigenvalue weighted by molar-refractivity contribution is 9.10. The second-order valence-corrected chi connectivity index (χ2v) is 3.89. The average molecular weight is 265 g/mol. The van der Waals surface area contributed by atoms with Crippen LogP contribution in [0.1, 0.15) is 0 Å². The van der Waals surface area contributed by atoms with Gasteiger partial charge in [0.05, 0.1) is 6.26 Å². The summed E-state index contributed by atoms with van der Waals surface area (Å²) in [7, 11) is 0. The van der Waals surface area contributed by atoms with Gasteiger partial charge >= 0.3 is 0 Å². The van der Waals surface area contributed by atoms with Crippen molar-refractivity contribution in [2.24, 2.45) is 0 Å². The summed E-state index contributed by atoms with van der Waals surface area (Å²) in [5, 5.41) is 0. The minimum absolute atomic E-state index is 0.445. The van der Waals surface area contributed by atoms with Gasteiger partial charge in [0.25, 0.3) is 5.89 Å². The van der Waals surface area contributed by atoms with Crippen LogP contribution in [0.2, 0.25) is 0 Å². The molecule has 0 bridgehead atoms. The molecule has 0 aliphatic rings. The van der Waals surface area contributed by atoms with E-state index in [0.29, 0.717) is 22.9 Å². The van der Waals surface area contributed by atoms with E-state index in [1.54, 1.807) is 24.6 Å². The van der Waals surface area contributed by atoms with Gasteiger partial charge in [-0.3, -0.25) is 0 Å². The molecular formula is C10H5BrN2O2. The Hall–Kier alpha value is -1.62. The lowest BCUT2D eigenvalue weighted by atomic mass is 10.4. The monoisotopic (exact) mass is 264 g/mol. The Morgan fingerprint density at radius 2 is 2.27 bits per heavy atom. The zero-order chi connectivity index (χ0) is 10.3. The number of nitrogens with zero attached hydrogens (tertiary/aromatic N) is 2. The van der Waals surface area contributed by atoms with Gasteiger partial charge in [0.15, 0.2) is 17.0 Å². The van der Waals surface area contributed by atoms with Gasteiger partial charge in [0.2, 0.25) is 0 Å². The lowest BCUT2D eigenvalue weighted by Crippen LogP contribution is -1.75. The van der Waals surface area contributed by atoms with E-state index in [1.165, 1.54) is 0 Å². The fourth-order valence-corrected chi connectivity index (χ4v) is 1.61. The van der Waals surface area contributed by atoms with E-state index in [9.17, 15) is 0 Å². The van der Waals surface area contributed by atoms with Crippen molar-refractivity contribution < 1.29 is 8.83 Å². The molecular weight excluding hydrogens is 260 g/mol. The summed E-state index contributed by atoms with van der Waals surface area (Å²) >= 11 is 3.32. The lowest BCUT2D eigenvalue weighted by molar-refractivity contribution is 0.535. The van der Waals surface area contributed by atoms with Crippen molar-refractivity contribution >= 4 is 27.2 Å². The summed E-state index contributed by atoms with van der Waals surface area (Å²) in [6.45, 7) is 0. The third-order valence-corrected chi connectivity index (χ3v) is 2.38. The third-order valence-electron chi connectivity index (χ3n) is 1.95. The molecule has 15 heavy (non-hydrogen) atoms. The molecule has 0 unspecified atom stereocenters. The maximum Gasteiger partial charge on any atom is 0.265 e. The number of halogens is 1. The Kier molecular flexibility index (Phi) is 1.85. The Bertz CT molecular complexity index is 601. The van der Waals surface area contributed by atoms with Crippen molar-refractivity contribution in [2.45, 2.75) is 0 Å². The van der Waals surface area contributed by atoms with E-state index < -0.39 is 0 Å². The summed E-state index contributed by atoms with van der Waals surface area (Å²) in [6, 6.07) is 5.40. The highest BCUT2D eigenvalue weighted by Gasteiger charge is 2.11. The third kappa shape index (κ3) is 1.45. The van der Waals surface area contributed by atoms with Gasteiger partial charge in [0, 0.05) is 16.7 Å². The second-order valence-electron chi connectivity index (χ2n) is 2.97. The van der Waals surface area contributed by atoms with E-state index in [4.69, 9.17) is 8.83 Å². The highest BCUT2D eigenvalue weighted by Crippen LogP contribution is 2.24. The molecule has 0 saturated heterocycles. The molecule has 4 nitrogen and oxygen atoms in total. The van der Waals surface area contributed by atoms with E-state index in [2.05, 4.69) is 25.9 Å². The lowest BCUT2D eigenvalue weighted by Gasteiger charge is -1.86. The van der Waals surface area contributed by atoms with Crippen LogP contribution >= 0.6 is 15.9 Å². The van der Waals surface area contributed by atoms with Crippen molar-refractivity contribution in [3.05, 3.63) is 35.1 Å². The van der Waals surface area contributed by atoms with Crippen LogP contribution in [0.3, 0.4) is 0 Å². The van der Waals surface area contributed by atoms with Crippen LogP contribution < -0.4 is 0 Å². The quantitative estimate of drug-likeness (QED) is 0.677. The van der Waals surface area contributed by atoms with Crippen molar-refractivity contribution in [3.8, 4) is 11.7 Å². The number of hydrogen-bond donors (Lipinski definition) is 0. The van der Waals surface area contributed by atoms with E-state index in [1.807, 2.05) is 6.07 Å². The van der Waals surface area contributed by atoms with Crippen LogP contribution in [0.5, 0.6) is 0 Å². The topological polar surface area (TPSA) is 52.1 Å². The first-order valence-corrected chi connectivity index (χ1v) is 5.08. The fourth-order valence-electron chi connectivity index (χ4n) is 1.30. The van der Waals surface area contributed by atoms with Gasteiger partial charge in [-0.05, 0) is 28.1 Å². The Labute approximate surface area is 93.1 Å². The fraction of sp³-hybridized carbons (Fsp3) is 0. The van der Waals surface area contributed by atoms with E-state index in [-0.39, 0.29) is 0 Å². The van der Waals surface area contributed by atoms with E-state index in [0.717, 1.165) is 4.47 Å². The zero-order valence-corrected chi connectivity index (χ0v) is 9.06. The number of rotatable bonds is 1. The number of oxazole rings is 1. The molecule has 0 aliphatic carbocycles. The minimum atomic E-state index is 0.445. The molecule has 0 amide bonds. The molecule has 0 radical (unpaired) electrons. The van der Waals surface area contributed by atoms with Crippen LogP contribution in [-0.2, 0) is 0 Å². The largest absolute Gasteiger partial charge is 0.459 e. The summed E-state index contributed by atoms with van der Waals surface area (Å²) < 4.78 is 11.5. The Morgan fingerprint density at radius 1 is 1.33 bits per heavy atom. The van der Waals surface area contributed by atoms with Gasteiger partial charge < -0.3 is 8.83 Å². The first kappa shape index (κ1) is 8.67. The maximum atomic E-state index is 5.50. The maximum absolute atomic E-state index is 5.50. The SMILES string of the molecule is Brc1cnc2nc(-c3ccco3)oc2c1. The number of aromatic nitrogens is 2. The normalized spacial score (nSPS) is 11.0. The molecule has 0 aliphatic heterocycles. The average Bonchev–Trinajstić information content (AvgIpc) is 2.84. The summed E-state index contributed by atoms with van der Waals surface area (Å²) in [5.41, 5.74) is 1.21. The molecule has 3 aromatic rings. The van der Waals surface area contributed by atoms with Crippen LogP contribution in [-0.4, -0.2) is 9.97 Å². The second kappa shape index (κ2) is 3.20. The summed E-state index contributed by atoms with van der Waals surface area (Å²) in [5.74, 6) is 1.05. The Morgan fingerprint density at radius 3 is 3.07 bits per heavy atom. The molecule has 0 atom stereocenters. The predicted octanol–water partition coefficient (Wildman–Crippen LogP) is 3.25. The molecule has 3 aromatic heterocycles. The minimum Gasteiger partial charge on any atom is -0.459 e. The van der Waals surface area contributed by atoms with Gasteiger partial charge in [0.1, 0.15) is 0 Å². The number of fused-ring (bicyclic) bond motifs is 1. The molecule has 0 saturated carbocycles. The van der Waals surface area contributed by atoms with Crippen molar-refractivity contribution in [1.29, 1.82) is 0 Å². The summed E-state index contributed by atoms with van der Waals surface area (Å²) in [6.07, 6.45) is 3.25. The highest BCUT2D eigenvalue weighted by atomic mass is 79.9. The van der Waals surface area contributed by atoms with Gasteiger partial charge in [-0.2, -0.15) is 4.98 Å². The standard InChI is InChI=1S/C10H5BrN2O2/c11-6-4-8-9(12-5-6)13-10(15-8)7-2-1-3-14-7/h1-5H. The van der Waals surface area contributed by atoms with Gasteiger partial charge in [-0.1, -0.05) is 0 Å². The van der Waals surface area contributed by atoms with Gasteiger partial charge in [-0.15, -0.1) is 0 Å². The molecule has 3 rings (SSSR count). The van der Waals surface area contributed by atoms with Crippen molar-refractivity contribution in [2.75, 3.05) is 0 Å². The molecule has 0 fully saturated rings. The molecule has 0 N–H and O–H groups in total. The Balaban J connectivity index is 2.22. The van der Waals surface area contributed by atoms with Crippen molar-refractivity contribution in [1.82, 2.24) is 9.97 Å². The number of pyridine rings is 1. The molecule has 5 heteroatoms.